The number of aliphatic hydroxyl groups is 1. The average molecular weight is 255 g/mol. The second-order valence-corrected chi connectivity index (χ2v) is 6.12. The Kier molecular flexibility index (Phi) is 3.88. The van der Waals surface area contributed by atoms with Crippen molar-refractivity contribution < 1.29 is 9.84 Å². The van der Waals surface area contributed by atoms with E-state index in [0.29, 0.717) is 0 Å². The number of rotatable bonds is 3. The second-order valence-electron chi connectivity index (χ2n) is 5.18. The van der Waals surface area contributed by atoms with Crippen LogP contribution in [0.25, 0.3) is 0 Å². The molecular formula is C13H21NO2S. The Balaban J connectivity index is 2.13. The maximum absolute atomic E-state index is 10.5. The Morgan fingerprint density at radius 1 is 1.41 bits per heavy atom. The smallest absolute Gasteiger partial charge is 0.106 e. The van der Waals surface area contributed by atoms with E-state index in [2.05, 4.69) is 37.1 Å². The van der Waals surface area contributed by atoms with E-state index in [9.17, 15) is 5.11 Å². The van der Waals surface area contributed by atoms with Gasteiger partial charge in [-0.2, -0.15) is 0 Å². The zero-order valence-electron chi connectivity index (χ0n) is 10.8. The van der Waals surface area contributed by atoms with Gasteiger partial charge in [0.15, 0.2) is 0 Å². The topological polar surface area (TPSA) is 32.7 Å². The number of morpholine rings is 1. The fourth-order valence-electron chi connectivity index (χ4n) is 2.26. The summed E-state index contributed by atoms with van der Waals surface area (Å²) in [6.45, 7) is 9.60. The molecule has 1 aliphatic rings. The van der Waals surface area contributed by atoms with Crippen LogP contribution in [0, 0.1) is 6.92 Å². The van der Waals surface area contributed by atoms with E-state index < -0.39 is 6.10 Å². The molecule has 0 bridgehead atoms. The summed E-state index contributed by atoms with van der Waals surface area (Å²) in [7, 11) is 0. The highest BCUT2D eigenvalue weighted by Gasteiger charge is 2.36. The average Bonchev–Trinajstić information content (AvgIpc) is 2.76. The lowest BCUT2D eigenvalue weighted by molar-refractivity contribution is -0.0619. The summed E-state index contributed by atoms with van der Waals surface area (Å²) in [5, 5.41) is 12.6. The lowest BCUT2D eigenvalue weighted by Crippen LogP contribution is -2.53. The third kappa shape index (κ3) is 2.71. The monoisotopic (exact) mass is 255 g/mol. The van der Waals surface area contributed by atoms with Crippen LogP contribution in [0.1, 0.15) is 30.4 Å². The zero-order valence-corrected chi connectivity index (χ0v) is 11.6. The highest BCUT2D eigenvalue weighted by molar-refractivity contribution is 7.10. The summed E-state index contributed by atoms with van der Waals surface area (Å²) in [6, 6.07) is 2.08. The molecule has 0 aliphatic carbocycles. The van der Waals surface area contributed by atoms with Crippen molar-refractivity contribution >= 4 is 11.3 Å². The minimum Gasteiger partial charge on any atom is -0.386 e. The van der Waals surface area contributed by atoms with Crippen molar-refractivity contribution in [3.05, 3.63) is 21.9 Å². The van der Waals surface area contributed by atoms with Gasteiger partial charge in [0.2, 0.25) is 0 Å². The SMILES string of the molecule is Cc1csc(C(O)C(C)(C)N2CCOCC2)c1. The third-order valence-electron chi connectivity index (χ3n) is 3.52. The van der Waals surface area contributed by atoms with E-state index in [1.54, 1.807) is 11.3 Å². The second kappa shape index (κ2) is 5.06. The summed E-state index contributed by atoms with van der Waals surface area (Å²) in [5.41, 5.74) is 0.989. The molecule has 2 rings (SSSR count). The Labute approximate surface area is 107 Å². The molecule has 17 heavy (non-hydrogen) atoms. The van der Waals surface area contributed by atoms with Gasteiger partial charge in [0.05, 0.1) is 13.2 Å². The van der Waals surface area contributed by atoms with Crippen LogP contribution in [-0.2, 0) is 4.74 Å². The van der Waals surface area contributed by atoms with Gasteiger partial charge in [-0.25, -0.2) is 0 Å². The molecular weight excluding hydrogens is 234 g/mol. The number of aryl methyl sites for hydroxylation is 1. The first-order chi connectivity index (χ1) is 8.01. The van der Waals surface area contributed by atoms with Crippen molar-refractivity contribution in [3.8, 4) is 0 Å². The van der Waals surface area contributed by atoms with Crippen LogP contribution in [0.3, 0.4) is 0 Å². The predicted octanol–water partition coefficient (Wildman–Crippen LogP) is 2.20. The Hall–Kier alpha value is -0.420. The molecule has 1 saturated heterocycles. The maximum Gasteiger partial charge on any atom is 0.106 e. The van der Waals surface area contributed by atoms with Gasteiger partial charge in [0, 0.05) is 23.5 Å². The zero-order chi connectivity index (χ0) is 12.5. The van der Waals surface area contributed by atoms with Crippen LogP contribution in [0.2, 0.25) is 0 Å². The fourth-order valence-corrected chi connectivity index (χ4v) is 3.32. The number of nitrogens with zero attached hydrogens (tertiary/aromatic N) is 1. The Bertz CT molecular complexity index is 369. The van der Waals surface area contributed by atoms with Crippen LogP contribution < -0.4 is 0 Å². The van der Waals surface area contributed by atoms with E-state index in [1.807, 2.05) is 0 Å². The number of hydrogen-bond donors (Lipinski definition) is 1. The molecule has 1 aliphatic heterocycles. The van der Waals surface area contributed by atoms with Crippen molar-refractivity contribution in [2.45, 2.75) is 32.4 Å². The maximum atomic E-state index is 10.5. The molecule has 0 amide bonds. The summed E-state index contributed by atoms with van der Waals surface area (Å²) < 4.78 is 5.36. The quantitative estimate of drug-likeness (QED) is 0.899. The summed E-state index contributed by atoms with van der Waals surface area (Å²) in [6.07, 6.45) is -0.431. The molecule has 3 nitrogen and oxygen atoms in total. The Morgan fingerprint density at radius 2 is 2.06 bits per heavy atom. The van der Waals surface area contributed by atoms with Crippen LogP contribution in [0.4, 0.5) is 0 Å². The largest absolute Gasteiger partial charge is 0.386 e. The molecule has 1 atom stereocenters. The minimum absolute atomic E-state index is 0.235. The molecule has 96 valence electrons. The summed E-state index contributed by atoms with van der Waals surface area (Å²) in [4.78, 5) is 3.37. The van der Waals surface area contributed by atoms with Crippen molar-refractivity contribution in [2.24, 2.45) is 0 Å². The van der Waals surface area contributed by atoms with Gasteiger partial charge >= 0.3 is 0 Å². The van der Waals surface area contributed by atoms with Crippen molar-refractivity contribution in [1.82, 2.24) is 4.90 Å². The van der Waals surface area contributed by atoms with E-state index in [1.165, 1.54) is 5.56 Å². The molecule has 2 heterocycles. The summed E-state index contributed by atoms with van der Waals surface area (Å²) >= 11 is 1.64. The molecule has 1 aromatic rings. The number of thiophene rings is 1. The van der Waals surface area contributed by atoms with Gasteiger partial charge < -0.3 is 9.84 Å². The minimum atomic E-state index is -0.431. The van der Waals surface area contributed by atoms with Crippen LogP contribution in [-0.4, -0.2) is 41.8 Å². The number of aliphatic hydroxyl groups excluding tert-OH is 1. The molecule has 1 unspecified atom stereocenters. The summed E-state index contributed by atoms with van der Waals surface area (Å²) in [5.74, 6) is 0. The first-order valence-corrected chi connectivity index (χ1v) is 6.95. The lowest BCUT2D eigenvalue weighted by Gasteiger charge is -2.43. The van der Waals surface area contributed by atoms with Gasteiger partial charge in [-0.3, -0.25) is 4.90 Å². The van der Waals surface area contributed by atoms with Gasteiger partial charge in [0.25, 0.3) is 0 Å². The van der Waals surface area contributed by atoms with Crippen LogP contribution in [0.15, 0.2) is 11.4 Å². The highest BCUT2D eigenvalue weighted by atomic mass is 32.1. The predicted molar refractivity (Wildman–Crippen MR) is 70.5 cm³/mol. The molecule has 4 heteroatoms. The molecule has 0 radical (unpaired) electrons. The lowest BCUT2D eigenvalue weighted by atomic mass is 9.93. The molecule has 1 aromatic heterocycles. The van der Waals surface area contributed by atoms with Gasteiger partial charge in [-0.05, 0) is 37.8 Å². The van der Waals surface area contributed by atoms with Gasteiger partial charge in [-0.1, -0.05) is 0 Å². The first kappa shape index (κ1) is 13.0. The van der Waals surface area contributed by atoms with Gasteiger partial charge in [-0.15, -0.1) is 11.3 Å². The van der Waals surface area contributed by atoms with E-state index >= 15 is 0 Å². The standard InChI is InChI=1S/C13H21NO2S/c1-10-8-11(17-9-10)12(15)13(2,3)14-4-6-16-7-5-14/h8-9,12,15H,4-7H2,1-3H3. The van der Waals surface area contributed by atoms with Gasteiger partial charge in [0.1, 0.15) is 6.10 Å². The molecule has 1 fully saturated rings. The van der Waals surface area contributed by atoms with Crippen molar-refractivity contribution in [3.63, 3.8) is 0 Å². The van der Waals surface area contributed by atoms with E-state index in [0.717, 1.165) is 31.2 Å². The first-order valence-electron chi connectivity index (χ1n) is 6.07. The fraction of sp³-hybridized carbons (Fsp3) is 0.692. The van der Waals surface area contributed by atoms with Crippen molar-refractivity contribution in [1.29, 1.82) is 0 Å². The molecule has 0 aromatic carbocycles. The molecule has 0 spiro atoms. The normalized spacial score (nSPS) is 20.5. The van der Waals surface area contributed by atoms with E-state index in [-0.39, 0.29) is 5.54 Å². The van der Waals surface area contributed by atoms with Crippen molar-refractivity contribution in [2.75, 3.05) is 26.3 Å². The molecule has 0 saturated carbocycles. The Morgan fingerprint density at radius 3 is 2.59 bits per heavy atom. The molecule has 1 N–H and O–H groups in total. The number of ether oxygens (including phenoxy) is 1. The number of hydrogen-bond acceptors (Lipinski definition) is 4. The van der Waals surface area contributed by atoms with Crippen LogP contribution >= 0.6 is 11.3 Å². The third-order valence-corrected chi connectivity index (χ3v) is 4.62. The van der Waals surface area contributed by atoms with Crippen LogP contribution in [0.5, 0.6) is 0 Å². The highest BCUT2D eigenvalue weighted by Crippen LogP contribution is 2.34. The van der Waals surface area contributed by atoms with E-state index in [4.69, 9.17) is 4.74 Å².